The zero-order valence-corrected chi connectivity index (χ0v) is 14.4. The molecule has 4 atom stereocenters. The minimum absolute atomic E-state index is 0.109. The summed E-state index contributed by atoms with van der Waals surface area (Å²) in [5, 5.41) is 9.87. The van der Waals surface area contributed by atoms with E-state index in [4.69, 9.17) is 9.47 Å². The Morgan fingerprint density at radius 1 is 1.28 bits per heavy atom. The standard InChI is InChI=1S/C18H19N3O4/c1-10-16(22)21-12(17(23)20(10)3)7-18(2,8-19)15(21)11-5-4-6-13-14(11)25-9-24-13/h4-6,10,12,15H,7,9H2,1-3H3/t10-,12+,15+,18-/m1/s1. The van der Waals surface area contributed by atoms with Crippen LogP contribution in [-0.4, -0.2) is 47.5 Å². The molecule has 0 saturated carbocycles. The molecule has 2 fully saturated rings. The smallest absolute Gasteiger partial charge is 0.246 e. The lowest BCUT2D eigenvalue weighted by atomic mass is 9.79. The first-order valence-electron chi connectivity index (χ1n) is 8.27. The van der Waals surface area contributed by atoms with Gasteiger partial charge in [-0.2, -0.15) is 5.26 Å². The molecule has 0 radical (unpaired) electrons. The van der Waals surface area contributed by atoms with Gasteiger partial charge in [0.2, 0.25) is 18.6 Å². The van der Waals surface area contributed by atoms with Gasteiger partial charge in [0.25, 0.3) is 0 Å². The predicted molar refractivity (Wildman–Crippen MR) is 86.5 cm³/mol. The summed E-state index contributed by atoms with van der Waals surface area (Å²) in [4.78, 5) is 28.8. The van der Waals surface area contributed by atoms with Crippen LogP contribution in [0.25, 0.3) is 0 Å². The molecule has 7 nitrogen and oxygen atoms in total. The molecule has 0 unspecified atom stereocenters. The maximum Gasteiger partial charge on any atom is 0.246 e. The summed E-state index contributed by atoms with van der Waals surface area (Å²) < 4.78 is 11.0. The molecule has 130 valence electrons. The number of fused-ring (bicyclic) bond motifs is 2. The lowest BCUT2D eigenvalue weighted by Gasteiger charge is -2.42. The number of hydrogen-bond donors (Lipinski definition) is 0. The molecule has 3 aliphatic heterocycles. The first kappa shape index (κ1) is 15.8. The van der Waals surface area contributed by atoms with Crippen LogP contribution in [0.4, 0.5) is 0 Å². The van der Waals surface area contributed by atoms with E-state index in [1.54, 1.807) is 31.9 Å². The van der Waals surface area contributed by atoms with Gasteiger partial charge in [-0.3, -0.25) is 9.59 Å². The average Bonchev–Trinajstić information content (AvgIpc) is 3.21. The molecular weight excluding hydrogens is 322 g/mol. The molecule has 1 aromatic carbocycles. The molecule has 3 heterocycles. The number of amides is 2. The van der Waals surface area contributed by atoms with Crippen molar-refractivity contribution in [3.05, 3.63) is 23.8 Å². The fraction of sp³-hybridized carbons (Fsp3) is 0.500. The molecule has 0 N–H and O–H groups in total. The molecule has 0 spiro atoms. The Labute approximate surface area is 145 Å². The Kier molecular flexibility index (Phi) is 3.23. The highest BCUT2D eigenvalue weighted by atomic mass is 16.7. The number of likely N-dealkylation sites (N-methyl/N-ethyl adjacent to an activating group) is 1. The lowest BCUT2D eigenvalue weighted by molar-refractivity contribution is -0.159. The highest BCUT2D eigenvalue weighted by molar-refractivity contribution is 5.97. The number of carbonyl (C=O) groups is 2. The number of carbonyl (C=O) groups excluding carboxylic acids is 2. The predicted octanol–water partition coefficient (Wildman–Crippen LogP) is 1.45. The summed E-state index contributed by atoms with van der Waals surface area (Å²) in [5.74, 6) is 0.886. The molecule has 7 heteroatoms. The van der Waals surface area contributed by atoms with Crippen LogP contribution >= 0.6 is 0 Å². The Morgan fingerprint density at radius 2 is 2.04 bits per heavy atom. The third-order valence-electron chi connectivity index (χ3n) is 5.64. The van der Waals surface area contributed by atoms with Crippen LogP contribution in [0.2, 0.25) is 0 Å². The van der Waals surface area contributed by atoms with Crippen LogP contribution in [0.1, 0.15) is 31.9 Å². The van der Waals surface area contributed by atoms with Crippen molar-refractivity contribution < 1.29 is 19.1 Å². The number of para-hydroxylation sites is 1. The molecule has 2 saturated heterocycles. The maximum absolute atomic E-state index is 13.0. The van der Waals surface area contributed by atoms with Crippen molar-refractivity contribution in [1.29, 1.82) is 5.26 Å². The second kappa shape index (κ2) is 5.12. The molecular formula is C18H19N3O4. The van der Waals surface area contributed by atoms with E-state index < -0.39 is 23.5 Å². The van der Waals surface area contributed by atoms with E-state index in [2.05, 4.69) is 6.07 Å². The summed E-state index contributed by atoms with van der Waals surface area (Å²) >= 11 is 0. The molecule has 1 aromatic rings. The van der Waals surface area contributed by atoms with Crippen LogP contribution in [-0.2, 0) is 9.59 Å². The number of nitriles is 1. The normalized spacial score (nSPS) is 33.4. The third kappa shape index (κ3) is 1.97. The van der Waals surface area contributed by atoms with Crippen molar-refractivity contribution in [2.45, 2.75) is 38.4 Å². The number of rotatable bonds is 1. The minimum Gasteiger partial charge on any atom is -0.454 e. The SMILES string of the molecule is C[C@@H]1C(=O)N2[C@@H](c3cccc4c3OCO4)[C@@](C)(C#N)C[C@H]2C(=O)N1C. The van der Waals surface area contributed by atoms with Gasteiger partial charge in [0.1, 0.15) is 12.1 Å². The number of nitrogens with zero attached hydrogens (tertiary/aromatic N) is 3. The minimum atomic E-state index is -0.887. The van der Waals surface area contributed by atoms with Gasteiger partial charge in [0.15, 0.2) is 11.5 Å². The van der Waals surface area contributed by atoms with Crippen molar-refractivity contribution in [2.75, 3.05) is 13.8 Å². The highest BCUT2D eigenvalue weighted by Gasteiger charge is 2.59. The van der Waals surface area contributed by atoms with E-state index in [-0.39, 0.29) is 18.6 Å². The van der Waals surface area contributed by atoms with Gasteiger partial charge < -0.3 is 19.3 Å². The second-order valence-corrected chi connectivity index (χ2v) is 7.10. The molecule has 0 aliphatic carbocycles. The number of piperazine rings is 1. The van der Waals surface area contributed by atoms with Gasteiger partial charge in [-0.05, 0) is 26.3 Å². The third-order valence-corrected chi connectivity index (χ3v) is 5.64. The Hall–Kier alpha value is -2.75. The van der Waals surface area contributed by atoms with Gasteiger partial charge in [-0.15, -0.1) is 0 Å². The van der Waals surface area contributed by atoms with E-state index in [1.807, 2.05) is 12.1 Å². The lowest BCUT2D eigenvalue weighted by Crippen LogP contribution is -2.60. The van der Waals surface area contributed by atoms with Crippen molar-refractivity contribution in [3.8, 4) is 17.6 Å². The van der Waals surface area contributed by atoms with E-state index in [0.29, 0.717) is 17.9 Å². The van der Waals surface area contributed by atoms with Gasteiger partial charge in [0, 0.05) is 12.6 Å². The van der Waals surface area contributed by atoms with Crippen LogP contribution < -0.4 is 9.47 Å². The van der Waals surface area contributed by atoms with Gasteiger partial charge >= 0.3 is 0 Å². The van der Waals surface area contributed by atoms with E-state index in [1.165, 1.54) is 4.90 Å². The fourth-order valence-electron chi connectivity index (χ4n) is 4.16. The Bertz CT molecular complexity index is 817. The van der Waals surface area contributed by atoms with Gasteiger partial charge in [-0.25, -0.2) is 0 Å². The number of benzene rings is 1. The first-order valence-corrected chi connectivity index (χ1v) is 8.27. The maximum atomic E-state index is 13.0. The fourth-order valence-corrected chi connectivity index (χ4v) is 4.16. The largest absolute Gasteiger partial charge is 0.454 e. The van der Waals surface area contributed by atoms with E-state index in [0.717, 1.165) is 5.56 Å². The quantitative estimate of drug-likeness (QED) is 0.772. The topological polar surface area (TPSA) is 82.9 Å². The Balaban J connectivity index is 1.88. The zero-order chi connectivity index (χ0) is 17.9. The summed E-state index contributed by atoms with van der Waals surface area (Å²) in [7, 11) is 1.64. The van der Waals surface area contributed by atoms with E-state index in [9.17, 15) is 14.9 Å². The summed E-state index contributed by atoms with van der Waals surface area (Å²) in [6.45, 7) is 3.62. The molecule has 3 aliphatic rings. The summed E-state index contributed by atoms with van der Waals surface area (Å²) in [6.07, 6.45) is 0.306. The average molecular weight is 341 g/mol. The van der Waals surface area contributed by atoms with Crippen LogP contribution in [0, 0.1) is 16.7 Å². The van der Waals surface area contributed by atoms with Crippen LogP contribution in [0.5, 0.6) is 11.5 Å². The van der Waals surface area contributed by atoms with Crippen LogP contribution in [0.15, 0.2) is 18.2 Å². The molecule has 4 rings (SSSR count). The van der Waals surface area contributed by atoms with Crippen molar-refractivity contribution >= 4 is 11.8 Å². The van der Waals surface area contributed by atoms with Crippen molar-refractivity contribution in [2.24, 2.45) is 5.41 Å². The highest BCUT2D eigenvalue weighted by Crippen LogP contribution is 2.55. The number of ether oxygens (including phenoxy) is 2. The van der Waals surface area contributed by atoms with Crippen molar-refractivity contribution in [1.82, 2.24) is 9.80 Å². The Morgan fingerprint density at radius 3 is 2.76 bits per heavy atom. The monoisotopic (exact) mass is 341 g/mol. The second-order valence-electron chi connectivity index (χ2n) is 7.10. The molecule has 0 bridgehead atoms. The number of hydrogen-bond acceptors (Lipinski definition) is 5. The molecule has 25 heavy (non-hydrogen) atoms. The van der Waals surface area contributed by atoms with Gasteiger partial charge in [0.05, 0.1) is 17.5 Å². The van der Waals surface area contributed by atoms with E-state index >= 15 is 0 Å². The first-order chi connectivity index (χ1) is 11.9. The molecule has 0 aromatic heterocycles. The van der Waals surface area contributed by atoms with Crippen LogP contribution in [0.3, 0.4) is 0 Å². The molecule has 2 amide bonds. The summed E-state index contributed by atoms with van der Waals surface area (Å²) in [6, 6.07) is 6.08. The summed E-state index contributed by atoms with van der Waals surface area (Å²) in [5.41, 5.74) is -0.165. The zero-order valence-electron chi connectivity index (χ0n) is 14.4. The van der Waals surface area contributed by atoms with Crippen molar-refractivity contribution in [3.63, 3.8) is 0 Å². The van der Waals surface area contributed by atoms with Gasteiger partial charge in [-0.1, -0.05) is 12.1 Å².